The highest BCUT2D eigenvalue weighted by atomic mass is 16.4. The first-order valence-electron chi connectivity index (χ1n) is 11.9. The van der Waals surface area contributed by atoms with Gasteiger partial charge in [0.2, 0.25) is 11.8 Å². The number of carbonyl (C=O) groups is 2. The Balaban J connectivity index is 1.82. The maximum absolute atomic E-state index is 12.6. The van der Waals surface area contributed by atoms with Crippen molar-refractivity contribution in [3.05, 3.63) is 23.9 Å². The lowest BCUT2D eigenvalue weighted by Crippen LogP contribution is -2.32. The number of aromatic nitrogens is 2. The number of nitrogens with zero attached hydrogens (tertiary/aromatic N) is 4. The van der Waals surface area contributed by atoms with Gasteiger partial charge in [-0.05, 0) is 39.5 Å². The molecule has 2 heterocycles. The molecule has 8 nitrogen and oxygen atoms in total. The molecule has 178 valence electrons. The highest BCUT2D eigenvalue weighted by Gasteiger charge is 2.21. The number of oxazole rings is 2. The molecular formula is C24H38N4O4. The van der Waals surface area contributed by atoms with Crippen molar-refractivity contribution in [2.75, 3.05) is 22.9 Å². The molecule has 8 heteroatoms. The zero-order chi connectivity index (χ0) is 23.3. The average molecular weight is 447 g/mol. The molecule has 0 spiro atoms. The molecule has 0 saturated heterocycles. The number of anilines is 2. The number of hydrogen-bond donors (Lipinski definition) is 0. The molecule has 2 amide bonds. The largest absolute Gasteiger partial charge is 0.431 e. The summed E-state index contributed by atoms with van der Waals surface area (Å²) in [6, 6.07) is 0.770. The Morgan fingerprint density at radius 3 is 1.44 bits per heavy atom. The molecule has 0 bridgehead atoms. The highest BCUT2D eigenvalue weighted by molar-refractivity contribution is 5.91. The van der Waals surface area contributed by atoms with Gasteiger partial charge in [0.1, 0.15) is 12.5 Å². The minimum absolute atomic E-state index is 0.0562. The summed E-state index contributed by atoms with van der Waals surface area (Å²) < 4.78 is 11.0. The zero-order valence-corrected chi connectivity index (χ0v) is 20.1. The van der Waals surface area contributed by atoms with E-state index < -0.39 is 0 Å². The molecular weight excluding hydrogens is 408 g/mol. The number of carbonyl (C=O) groups excluding carboxylic acids is 2. The van der Waals surface area contributed by atoms with Gasteiger partial charge in [-0.2, -0.15) is 9.97 Å². The van der Waals surface area contributed by atoms with Crippen LogP contribution in [0.2, 0.25) is 0 Å². The molecule has 0 fully saturated rings. The lowest BCUT2D eigenvalue weighted by atomic mass is 10.1. The molecule has 0 unspecified atom stereocenters. The second kappa shape index (κ2) is 13.7. The molecule has 2 aromatic heterocycles. The maximum Gasteiger partial charge on any atom is 0.304 e. The van der Waals surface area contributed by atoms with Crippen molar-refractivity contribution in [1.29, 1.82) is 0 Å². The van der Waals surface area contributed by atoms with Crippen molar-refractivity contribution in [3.63, 3.8) is 0 Å². The van der Waals surface area contributed by atoms with Crippen LogP contribution in [0.25, 0.3) is 0 Å². The van der Waals surface area contributed by atoms with Crippen LogP contribution in [0.5, 0.6) is 0 Å². The van der Waals surface area contributed by atoms with Gasteiger partial charge in [0.15, 0.2) is 0 Å². The van der Waals surface area contributed by atoms with Gasteiger partial charge >= 0.3 is 12.0 Å². The third-order valence-electron chi connectivity index (χ3n) is 5.28. The summed E-state index contributed by atoms with van der Waals surface area (Å²) in [7, 11) is 0. The number of aryl methyl sites for hydroxylation is 2. The third kappa shape index (κ3) is 8.13. The lowest BCUT2D eigenvalue weighted by molar-refractivity contribution is -0.119. The van der Waals surface area contributed by atoms with E-state index >= 15 is 0 Å². The van der Waals surface area contributed by atoms with Crippen molar-refractivity contribution in [1.82, 2.24) is 9.97 Å². The Bertz CT molecular complexity index is 761. The third-order valence-corrected chi connectivity index (χ3v) is 5.28. The fourth-order valence-corrected chi connectivity index (χ4v) is 3.40. The first-order valence-corrected chi connectivity index (χ1v) is 11.9. The van der Waals surface area contributed by atoms with Crippen molar-refractivity contribution in [3.8, 4) is 0 Å². The van der Waals surface area contributed by atoms with E-state index in [2.05, 4.69) is 23.8 Å². The van der Waals surface area contributed by atoms with E-state index in [9.17, 15) is 9.59 Å². The fourth-order valence-electron chi connectivity index (χ4n) is 3.40. The summed E-state index contributed by atoms with van der Waals surface area (Å²) in [6.07, 6.45) is 11.4. The van der Waals surface area contributed by atoms with Crippen molar-refractivity contribution < 1.29 is 18.4 Å². The Morgan fingerprint density at radius 1 is 0.719 bits per heavy atom. The van der Waals surface area contributed by atoms with Crippen LogP contribution in [0.3, 0.4) is 0 Å². The maximum atomic E-state index is 12.6. The van der Waals surface area contributed by atoms with E-state index in [-0.39, 0.29) is 11.8 Å². The number of amides is 2. The SMILES string of the molecule is CCCCC(=O)N(CCCCCCN(C(=O)CCCC)c1nc(C)co1)c1nc(C)co1. The first kappa shape index (κ1) is 25.6. The van der Waals surface area contributed by atoms with Gasteiger partial charge in [-0.3, -0.25) is 19.4 Å². The van der Waals surface area contributed by atoms with E-state index in [4.69, 9.17) is 8.83 Å². The van der Waals surface area contributed by atoms with E-state index in [1.165, 1.54) is 0 Å². The van der Waals surface area contributed by atoms with Crippen LogP contribution in [0, 0.1) is 13.8 Å². The molecule has 2 aromatic rings. The van der Waals surface area contributed by atoms with Crippen LogP contribution in [-0.2, 0) is 9.59 Å². The van der Waals surface area contributed by atoms with Gasteiger partial charge in [0.05, 0.1) is 11.4 Å². The summed E-state index contributed by atoms with van der Waals surface area (Å²) in [4.78, 5) is 37.2. The smallest absolute Gasteiger partial charge is 0.304 e. The quantitative estimate of drug-likeness (QED) is 0.331. The number of unbranched alkanes of at least 4 members (excludes halogenated alkanes) is 5. The average Bonchev–Trinajstić information content (AvgIpc) is 3.40. The minimum Gasteiger partial charge on any atom is -0.431 e. The summed E-state index contributed by atoms with van der Waals surface area (Å²) in [5.74, 6) is 0.112. The van der Waals surface area contributed by atoms with Crippen LogP contribution in [0.1, 0.15) is 89.4 Å². The van der Waals surface area contributed by atoms with Gasteiger partial charge in [0, 0.05) is 25.9 Å². The Kier molecular flexibility index (Phi) is 11.0. The molecule has 0 aromatic carbocycles. The van der Waals surface area contributed by atoms with E-state index in [0.717, 1.165) is 62.8 Å². The van der Waals surface area contributed by atoms with Crippen LogP contribution < -0.4 is 9.80 Å². The number of hydrogen-bond acceptors (Lipinski definition) is 6. The Labute approximate surface area is 191 Å². The summed E-state index contributed by atoms with van der Waals surface area (Å²) in [5, 5.41) is 0. The van der Waals surface area contributed by atoms with Gasteiger partial charge < -0.3 is 8.83 Å². The van der Waals surface area contributed by atoms with Gasteiger partial charge in [-0.1, -0.05) is 39.5 Å². The van der Waals surface area contributed by atoms with Gasteiger partial charge in [-0.25, -0.2) is 0 Å². The highest BCUT2D eigenvalue weighted by Crippen LogP contribution is 2.19. The van der Waals surface area contributed by atoms with Crippen LogP contribution in [0.4, 0.5) is 12.0 Å². The Morgan fingerprint density at radius 2 is 1.12 bits per heavy atom. The van der Waals surface area contributed by atoms with E-state index in [1.807, 2.05) is 13.8 Å². The van der Waals surface area contributed by atoms with Crippen LogP contribution in [0.15, 0.2) is 21.4 Å². The standard InChI is InChI=1S/C24H38N4O4/c1-5-7-13-21(29)27(23-25-19(3)17-31-23)15-11-9-10-12-16-28(22(30)14-8-6-2)24-26-20(4)18-32-24/h17-18H,5-16H2,1-4H3. The van der Waals surface area contributed by atoms with Crippen molar-refractivity contribution >= 4 is 23.8 Å². The van der Waals surface area contributed by atoms with Crippen LogP contribution in [-0.4, -0.2) is 34.9 Å². The second-order valence-electron chi connectivity index (χ2n) is 8.25. The van der Waals surface area contributed by atoms with Crippen molar-refractivity contribution in [2.45, 2.75) is 91.9 Å². The molecule has 0 radical (unpaired) electrons. The fraction of sp³-hybridized carbons (Fsp3) is 0.667. The number of rotatable bonds is 15. The predicted octanol–water partition coefficient (Wildman–Crippen LogP) is 5.59. The van der Waals surface area contributed by atoms with E-state index in [1.54, 1.807) is 22.3 Å². The van der Waals surface area contributed by atoms with Crippen molar-refractivity contribution in [2.24, 2.45) is 0 Å². The lowest BCUT2D eigenvalue weighted by Gasteiger charge is -2.20. The summed E-state index contributed by atoms with van der Waals surface area (Å²) in [6.45, 7) is 9.02. The minimum atomic E-state index is 0.0562. The Hall–Kier alpha value is -2.64. The van der Waals surface area contributed by atoms with Crippen LogP contribution >= 0.6 is 0 Å². The summed E-state index contributed by atoms with van der Waals surface area (Å²) in [5.41, 5.74) is 1.53. The van der Waals surface area contributed by atoms with Gasteiger partial charge in [-0.15, -0.1) is 0 Å². The molecule has 32 heavy (non-hydrogen) atoms. The molecule has 0 N–H and O–H groups in total. The first-order chi connectivity index (χ1) is 15.5. The topological polar surface area (TPSA) is 92.7 Å². The molecule has 0 atom stereocenters. The molecule has 0 aliphatic carbocycles. The molecule has 0 aliphatic heterocycles. The predicted molar refractivity (Wildman–Crippen MR) is 125 cm³/mol. The monoisotopic (exact) mass is 446 g/mol. The molecule has 0 saturated carbocycles. The van der Waals surface area contributed by atoms with E-state index in [0.29, 0.717) is 38.0 Å². The normalized spacial score (nSPS) is 11.0. The zero-order valence-electron chi connectivity index (χ0n) is 20.1. The molecule has 2 rings (SSSR count). The summed E-state index contributed by atoms with van der Waals surface area (Å²) >= 11 is 0. The molecule has 0 aliphatic rings. The van der Waals surface area contributed by atoms with Gasteiger partial charge in [0.25, 0.3) is 0 Å². The second-order valence-corrected chi connectivity index (χ2v) is 8.25.